The number of hydrogen-bond donors (Lipinski definition) is 5. The fourth-order valence-electron chi connectivity index (χ4n) is 6.72. The normalized spacial score (nSPS) is 27.0. The third-order valence-electron chi connectivity index (χ3n) is 8.95. The summed E-state index contributed by atoms with van der Waals surface area (Å²) < 4.78 is 17.5. The number of aliphatic hydroxyl groups is 2. The van der Waals surface area contributed by atoms with Crippen LogP contribution in [0, 0.1) is 0 Å². The molecule has 5 rings (SSSR count). The number of carbonyl (C=O) groups excluding carboxylic acids is 4. The van der Waals surface area contributed by atoms with Gasteiger partial charge in [-0.05, 0) is 19.9 Å². The lowest BCUT2D eigenvalue weighted by Gasteiger charge is -2.43. The maximum Gasteiger partial charge on any atom is 0.226 e. The zero-order valence-electron chi connectivity index (χ0n) is 26.7. The number of aromatic hydroxyl groups is 2. The number of oxime groups is 1. The number of hydrogen-bond acceptors (Lipinski definition) is 13. The Balaban J connectivity index is 1.56. The summed E-state index contributed by atoms with van der Waals surface area (Å²) in [6.45, 7) is 4.73. The molecule has 2 aliphatic carbocycles. The number of Topliss-reactive ketones (excluding diaryl/α,β-unsaturated/α-hetero) is 1. The van der Waals surface area contributed by atoms with E-state index in [9.17, 15) is 39.6 Å². The summed E-state index contributed by atoms with van der Waals surface area (Å²) in [7, 11) is 2.68. The van der Waals surface area contributed by atoms with E-state index in [0.29, 0.717) is 5.71 Å². The van der Waals surface area contributed by atoms with Crippen molar-refractivity contribution in [2.75, 3.05) is 14.2 Å². The summed E-state index contributed by atoms with van der Waals surface area (Å²) in [4.78, 5) is 58.0. The van der Waals surface area contributed by atoms with Gasteiger partial charge in [-0.2, -0.15) is 0 Å². The van der Waals surface area contributed by atoms with Crippen molar-refractivity contribution < 1.29 is 58.7 Å². The molecule has 14 heteroatoms. The number of ether oxygens (including phenoxy) is 3. The first-order chi connectivity index (χ1) is 22.3. The lowest BCUT2D eigenvalue weighted by Crippen LogP contribution is -2.56. The number of benzene rings is 2. The minimum Gasteiger partial charge on any atom is -0.507 e. The Bertz CT molecular complexity index is 1670. The number of carbonyl (C=O) groups is 4. The molecule has 2 aromatic carbocycles. The lowest BCUT2D eigenvalue weighted by molar-refractivity contribution is -0.249. The summed E-state index contributed by atoms with van der Waals surface area (Å²) in [5.74, 6) is -3.76. The zero-order valence-corrected chi connectivity index (χ0v) is 26.7. The predicted octanol–water partition coefficient (Wildman–Crippen LogP) is 1.99. The standard InChI is InChI=1S/C33H38N2O12/c1-6-21(36)33(43)12-17-25(32(42)27-26(30(17)40)29(39)16-8-7-9-19(44-4)24(16)31(27)41)20(13-33)47-23-11-18(28(38)15(3)46-23)34-22(37)10-14(2)35-45-5/h7-9,15,18,20,23,28,38,40,42-43H,6,10-13H2,1-5H3,(H,34,37)/b35-14-/t15?,18?,20-,23?,28?,33-/m0/s1. The van der Waals surface area contributed by atoms with Gasteiger partial charge in [0, 0.05) is 42.4 Å². The number of rotatable bonds is 9. The van der Waals surface area contributed by atoms with Gasteiger partial charge in [0.25, 0.3) is 0 Å². The van der Waals surface area contributed by atoms with E-state index in [2.05, 4.69) is 15.3 Å². The van der Waals surface area contributed by atoms with E-state index >= 15 is 0 Å². The van der Waals surface area contributed by atoms with Gasteiger partial charge in [-0.25, -0.2) is 0 Å². The van der Waals surface area contributed by atoms with Crippen LogP contribution in [0.3, 0.4) is 0 Å². The van der Waals surface area contributed by atoms with Crippen molar-refractivity contribution in [1.82, 2.24) is 5.32 Å². The quantitative estimate of drug-likeness (QED) is 0.127. The Hall–Kier alpha value is -4.37. The molecule has 0 saturated carbocycles. The molecule has 0 radical (unpaired) electrons. The molecule has 3 aliphatic rings. The van der Waals surface area contributed by atoms with Gasteiger partial charge in [-0.1, -0.05) is 24.2 Å². The summed E-state index contributed by atoms with van der Waals surface area (Å²) in [5.41, 5.74) is -2.94. The number of nitrogens with one attached hydrogen (secondary N) is 1. The van der Waals surface area contributed by atoms with E-state index < -0.39 is 88.5 Å². The van der Waals surface area contributed by atoms with Crippen molar-refractivity contribution in [3.05, 3.63) is 51.6 Å². The first-order valence-electron chi connectivity index (χ1n) is 15.2. The molecule has 1 heterocycles. The van der Waals surface area contributed by atoms with Crippen LogP contribution in [-0.4, -0.2) is 93.8 Å². The Morgan fingerprint density at radius 3 is 2.47 bits per heavy atom. The third-order valence-corrected chi connectivity index (χ3v) is 8.95. The maximum absolute atomic E-state index is 13.9. The van der Waals surface area contributed by atoms with Crippen molar-refractivity contribution in [3.63, 3.8) is 0 Å². The van der Waals surface area contributed by atoms with Crippen molar-refractivity contribution in [2.45, 2.75) is 89.1 Å². The second-order valence-corrected chi connectivity index (χ2v) is 12.1. The van der Waals surface area contributed by atoms with Gasteiger partial charge in [-0.3, -0.25) is 19.2 Å². The molecule has 0 bridgehead atoms. The average molecular weight is 655 g/mol. The highest BCUT2D eigenvalue weighted by atomic mass is 16.7. The molecule has 1 aliphatic heterocycles. The second-order valence-electron chi connectivity index (χ2n) is 12.1. The monoisotopic (exact) mass is 654 g/mol. The molecule has 47 heavy (non-hydrogen) atoms. The first kappa shape index (κ1) is 34.0. The summed E-state index contributed by atoms with van der Waals surface area (Å²) >= 11 is 0. The van der Waals surface area contributed by atoms with Crippen LogP contribution in [0.5, 0.6) is 17.2 Å². The average Bonchev–Trinajstić information content (AvgIpc) is 3.02. The Morgan fingerprint density at radius 1 is 1.11 bits per heavy atom. The van der Waals surface area contributed by atoms with Gasteiger partial charge >= 0.3 is 0 Å². The number of fused-ring (bicyclic) bond motifs is 3. The summed E-state index contributed by atoms with van der Waals surface area (Å²) in [6.07, 6.45) is -5.56. The van der Waals surface area contributed by atoms with Crippen molar-refractivity contribution >= 4 is 29.0 Å². The SMILES string of the molecule is CCC(=O)[C@]1(O)Cc2c(O)c3c(c(O)c2[C@@H](OC2CC(NC(=O)C/C(C)=N\OC)C(O)C(C)O2)C1)C(=O)c1c(OC)cccc1C3=O. The minimum absolute atomic E-state index is 0.0417. The highest BCUT2D eigenvalue weighted by Crippen LogP contribution is 2.52. The Kier molecular flexibility index (Phi) is 9.42. The van der Waals surface area contributed by atoms with E-state index in [0.717, 1.165) is 0 Å². The van der Waals surface area contributed by atoms with Crippen LogP contribution >= 0.6 is 0 Å². The zero-order chi connectivity index (χ0) is 34.4. The molecule has 0 spiro atoms. The lowest BCUT2D eigenvalue weighted by atomic mass is 9.71. The van der Waals surface area contributed by atoms with Gasteiger partial charge in [0.2, 0.25) is 11.7 Å². The number of phenols is 2. The van der Waals surface area contributed by atoms with Crippen molar-refractivity contribution in [1.29, 1.82) is 0 Å². The van der Waals surface area contributed by atoms with Gasteiger partial charge in [-0.15, -0.1) is 0 Å². The number of aliphatic hydroxyl groups excluding tert-OH is 1. The molecule has 14 nitrogen and oxygen atoms in total. The molecule has 1 fully saturated rings. The fraction of sp³-hybridized carbons (Fsp3) is 0.485. The first-order valence-corrected chi connectivity index (χ1v) is 15.2. The summed E-state index contributed by atoms with van der Waals surface area (Å²) in [5, 5.41) is 52.1. The molecule has 2 aromatic rings. The predicted molar refractivity (Wildman–Crippen MR) is 164 cm³/mol. The molecule has 4 unspecified atom stereocenters. The minimum atomic E-state index is -2.07. The summed E-state index contributed by atoms with van der Waals surface area (Å²) in [6, 6.07) is 3.55. The van der Waals surface area contributed by atoms with E-state index in [1.807, 2.05) is 0 Å². The number of nitrogens with zero attached hydrogens (tertiary/aromatic N) is 1. The van der Waals surface area contributed by atoms with Gasteiger partial charge in [0.05, 0.1) is 54.2 Å². The fourth-order valence-corrected chi connectivity index (χ4v) is 6.72. The second kappa shape index (κ2) is 13.0. The van der Waals surface area contributed by atoms with Crippen LogP contribution in [0.2, 0.25) is 0 Å². The third kappa shape index (κ3) is 5.97. The molecule has 0 aromatic heterocycles. The van der Waals surface area contributed by atoms with Crippen LogP contribution in [-0.2, 0) is 30.3 Å². The van der Waals surface area contributed by atoms with Gasteiger partial charge < -0.3 is 44.8 Å². The van der Waals surface area contributed by atoms with Crippen LogP contribution in [0.15, 0.2) is 23.4 Å². The largest absolute Gasteiger partial charge is 0.507 e. The number of methoxy groups -OCH3 is 1. The van der Waals surface area contributed by atoms with E-state index in [-0.39, 0.29) is 53.7 Å². The molecular weight excluding hydrogens is 616 g/mol. The molecule has 5 N–H and O–H groups in total. The highest BCUT2D eigenvalue weighted by molar-refractivity contribution is 6.31. The Morgan fingerprint density at radius 2 is 1.81 bits per heavy atom. The van der Waals surface area contributed by atoms with Crippen LogP contribution in [0.25, 0.3) is 0 Å². The van der Waals surface area contributed by atoms with Crippen LogP contribution in [0.1, 0.15) is 95.5 Å². The molecule has 252 valence electrons. The number of ketones is 3. The van der Waals surface area contributed by atoms with E-state index in [1.165, 1.54) is 32.4 Å². The molecular formula is C33H38N2O12. The topological polar surface area (TPSA) is 211 Å². The molecule has 1 amide bonds. The number of phenolic OH excluding ortho intramolecular Hbond substituents is 2. The smallest absolute Gasteiger partial charge is 0.226 e. The molecule has 1 saturated heterocycles. The van der Waals surface area contributed by atoms with Crippen LogP contribution in [0.4, 0.5) is 0 Å². The van der Waals surface area contributed by atoms with Crippen molar-refractivity contribution in [3.8, 4) is 17.2 Å². The number of amides is 1. The van der Waals surface area contributed by atoms with Gasteiger partial charge in [0.1, 0.15) is 36.1 Å². The van der Waals surface area contributed by atoms with E-state index in [4.69, 9.17) is 14.2 Å². The Labute approximate surface area is 270 Å². The van der Waals surface area contributed by atoms with E-state index in [1.54, 1.807) is 20.8 Å². The van der Waals surface area contributed by atoms with Gasteiger partial charge in [0.15, 0.2) is 17.9 Å². The van der Waals surface area contributed by atoms with Crippen LogP contribution < -0.4 is 10.1 Å². The highest BCUT2D eigenvalue weighted by Gasteiger charge is 2.50. The maximum atomic E-state index is 13.9. The molecule has 6 atom stereocenters. The van der Waals surface area contributed by atoms with Crippen molar-refractivity contribution in [2.24, 2.45) is 5.16 Å².